The zero-order valence-electron chi connectivity index (χ0n) is 10.4. The number of carbonyl (C=O) groups is 1. The van der Waals surface area contributed by atoms with Crippen molar-refractivity contribution in [3.05, 3.63) is 29.8 Å². The van der Waals surface area contributed by atoms with Gasteiger partial charge in [0.2, 0.25) is 0 Å². The Hall–Kier alpha value is -1.00. The number of thioether (sulfide) groups is 1. The third-order valence-corrected chi connectivity index (χ3v) is 3.61. The van der Waals surface area contributed by atoms with Crippen LogP contribution in [0.3, 0.4) is 0 Å². The lowest BCUT2D eigenvalue weighted by atomic mass is 10.1. The monoisotopic (exact) mass is 253 g/mol. The number of hydrogen-bond acceptors (Lipinski definition) is 3. The highest BCUT2D eigenvalue weighted by molar-refractivity contribution is 8.00. The van der Waals surface area contributed by atoms with E-state index in [1.165, 1.54) is 17.3 Å². The van der Waals surface area contributed by atoms with E-state index in [9.17, 15) is 4.79 Å². The third kappa shape index (κ3) is 4.40. The Labute approximate surface area is 107 Å². The van der Waals surface area contributed by atoms with Crippen LogP contribution in [0.5, 0.6) is 0 Å². The molecule has 94 valence electrons. The van der Waals surface area contributed by atoms with Gasteiger partial charge < -0.3 is 10.4 Å². The summed E-state index contributed by atoms with van der Waals surface area (Å²) in [7, 11) is 0. The van der Waals surface area contributed by atoms with Crippen LogP contribution in [0.2, 0.25) is 0 Å². The zero-order chi connectivity index (χ0) is 12.8. The van der Waals surface area contributed by atoms with Crippen LogP contribution in [0.4, 0.5) is 0 Å². The summed E-state index contributed by atoms with van der Waals surface area (Å²) < 4.78 is 0. The maximum atomic E-state index is 10.8. The smallest absolute Gasteiger partial charge is 0.316 e. The Bertz CT molecular complexity index is 381. The van der Waals surface area contributed by atoms with Crippen molar-refractivity contribution in [2.45, 2.75) is 37.0 Å². The molecular weight excluding hydrogens is 234 g/mol. The Morgan fingerprint density at radius 3 is 2.76 bits per heavy atom. The van der Waals surface area contributed by atoms with Gasteiger partial charge in [0, 0.05) is 10.9 Å². The summed E-state index contributed by atoms with van der Waals surface area (Å²) in [5.41, 5.74) is 1.19. The summed E-state index contributed by atoms with van der Waals surface area (Å²) in [6.45, 7) is 6.80. The molecular formula is C13H19NO2S. The van der Waals surface area contributed by atoms with Gasteiger partial charge in [-0.05, 0) is 38.1 Å². The van der Waals surface area contributed by atoms with Crippen LogP contribution >= 0.6 is 11.8 Å². The lowest BCUT2D eigenvalue weighted by Crippen LogP contribution is -2.17. The molecule has 17 heavy (non-hydrogen) atoms. The van der Waals surface area contributed by atoms with Crippen molar-refractivity contribution < 1.29 is 9.90 Å². The van der Waals surface area contributed by atoms with Gasteiger partial charge in [-0.25, -0.2) is 0 Å². The van der Waals surface area contributed by atoms with Crippen molar-refractivity contribution in [2.24, 2.45) is 0 Å². The first-order chi connectivity index (χ1) is 8.04. The summed E-state index contributed by atoms with van der Waals surface area (Å²) in [4.78, 5) is 11.8. The van der Waals surface area contributed by atoms with Crippen molar-refractivity contribution in [1.29, 1.82) is 0 Å². The van der Waals surface area contributed by atoms with Crippen molar-refractivity contribution in [2.75, 3.05) is 6.54 Å². The predicted octanol–water partition coefficient (Wildman–Crippen LogP) is 2.92. The van der Waals surface area contributed by atoms with Gasteiger partial charge in [0.05, 0.1) is 0 Å². The van der Waals surface area contributed by atoms with Gasteiger partial charge in [0.15, 0.2) is 0 Å². The number of carboxylic acid groups (broad SMARTS) is 1. The van der Waals surface area contributed by atoms with E-state index in [1.54, 1.807) is 6.92 Å². The number of aliphatic carboxylic acids is 1. The quantitative estimate of drug-likeness (QED) is 0.765. The highest BCUT2D eigenvalue weighted by Gasteiger charge is 2.13. The average Bonchev–Trinajstić information content (AvgIpc) is 2.29. The molecule has 0 spiro atoms. The molecule has 0 heterocycles. The van der Waals surface area contributed by atoms with E-state index in [2.05, 4.69) is 31.3 Å². The Balaban J connectivity index is 2.75. The van der Waals surface area contributed by atoms with Crippen LogP contribution in [0, 0.1) is 0 Å². The van der Waals surface area contributed by atoms with Crippen molar-refractivity contribution in [1.82, 2.24) is 5.32 Å². The lowest BCUT2D eigenvalue weighted by Gasteiger charge is -2.14. The molecule has 0 saturated carbocycles. The van der Waals surface area contributed by atoms with Gasteiger partial charge in [0.25, 0.3) is 0 Å². The SMILES string of the molecule is CCNC(C)c1cccc(SC(C)C(=O)O)c1. The lowest BCUT2D eigenvalue weighted by molar-refractivity contribution is -0.136. The minimum absolute atomic E-state index is 0.292. The number of benzene rings is 1. The molecule has 1 aromatic carbocycles. The molecule has 0 aliphatic carbocycles. The number of rotatable bonds is 6. The molecule has 4 heteroatoms. The summed E-state index contributed by atoms with van der Waals surface area (Å²) in [6.07, 6.45) is 0. The van der Waals surface area contributed by atoms with E-state index in [1.807, 2.05) is 12.1 Å². The molecule has 0 fully saturated rings. The maximum absolute atomic E-state index is 10.8. The molecule has 2 unspecified atom stereocenters. The first-order valence-corrected chi connectivity index (χ1v) is 6.65. The first-order valence-electron chi connectivity index (χ1n) is 5.77. The Kier molecular flexibility index (Phi) is 5.51. The van der Waals surface area contributed by atoms with Crippen molar-refractivity contribution in [3.63, 3.8) is 0 Å². The van der Waals surface area contributed by atoms with E-state index in [4.69, 9.17) is 5.11 Å². The van der Waals surface area contributed by atoms with Crippen LogP contribution in [0.25, 0.3) is 0 Å². The second-order valence-corrected chi connectivity index (χ2v) is 5.36. The minimum atomic E-state index is -0.778. The van der Waals surface area contributed by atoms with Gasteiger partial charge in [-0.3, -0.25) is 4.79 Å². The van der Waals surface area contributed by atoms with Gasteiger partial charge >= 0.3 is 5.97 Å². The zero-order valence-corrected chi connectivity index (χ0v) is 11.3. The fourth-order valence-corrected chi connectivity index (χ4v) is 2.41. The molecule has 2 N–H and O–H groups in total. The van der Waals surface area contributed by atoms with Crippen LogP contribution in [0.15, 0.2) is 29.2 Å². The molecule has 0 aliphatic heterocycles. The number of nitrogens with one attached hydrogen (secondary N) is 1. The summed E-state index contributed by atoms with van der Waals surface area (Å²) in [5.74, 6) is -0.778. The van der Waals surface area contributed by atoms with Crippen LogP contribution in [-0.2, 0) is 4.79 Å². The second kappa shape index (κ2) is 6.67. The standard InChI is InChI=1S/C13H19NO2S/c1-4-14-9(2)11-6-5-7-12(8-11)17-10(3)13(15)16/h5-10,14H,4H2,1-3H3,(H,15,16). The highest BCUT2D eigenvalue weighted by Crippen LogP contribution is 2.26. The number of carboxylic acids is 1. The molecule has 1 aromatic rings. The van der Waals surface area contributed by atoms with E-state index in [0.717, 1.165) is 11.4 Å². The Morgan fingerprint density at radius 2 is 2.18 bits per heavy atom. The van der Waals surface area contributed by atoms with Crippen LogP contribution in [0.1, 0.15) is 32.4 Å². The molecule has 0 aliphatic rings. The number of hydrogen-bond donors (Lipinski definition) is 2. The summed E-state index contributed by atoms with van der Waals surface area (Å²) in [5, 5.41) is 11.8. The predicted molar refractivity (Wildman–Crippen MR) is 71.5 cm³/mol. The highest BCUT2D eigenvalue weighted by atomic mass is 32.2. The molecule has 0 saturated heterocycles. The molecule has 3 nitrogen and oxygen atoms in total. The molecule has 1 rings (SSSR count). The van der Waals surface area contributed by atoms with Gasteiger partial charge in [-0.15, -0.1) is 11.8 Å². The molecule has 0 bridgehead atoms. The maximum Gasteiger partial charge on any atom is 0.316 e. The van der Waals surface area contributed by atoms with E-state index < -0.39 is 11.2 Å². The van der Waals surface area contributed by atoms with Crippen LogP contribution < -0.4 is 5.32 Å². The third-order valence-electron chi connectivity index (χ3n) is 2.53. The van der Waals surface area contributed by atoms with E-state index in [-0.39, 0.29) is 0 Å². The molecule has 0 radical (unpaired) electrons. The van der Waals surface area contributed by atoms with E-state index in [0.29, 0.717) is 6.04 Å². The second-order valence-electron chi connectivity index (χ2n) is 3.95. The first kappa shape index (κ1) is 14.1. The molecule has 0 aromatic heterocycles. The Morgan fingerprint density at radius 1 is 1.47 bits per heavy atom. The van der Waals surface area contributed by atoms with Crippen molar-refractivity contribution >= 4 is 17.7 Å². The minimum Gasteiger partial charge on any atom is -0.480 e. The summed E-state index contributed by atoms with van der Waals surface area (Å²) in [6, 6.07) is 8.33. The van der Waals surface area contributed by atoms with Gasteiger partial charge in [0.1, 0.15) is 5.25 Å². The van der Waals surface area contributed by atoms with Gasteiger partial charge in [-0.1, -0.05) is 19.1 Å². The van der Waals surface area contributed by atoms with Gasteiger partial charge in [-0.2, -0.15) is 0 Å². The largest absolute Gasteiger partial charge is 0.480 e. The summed E-state index contributed by atoms with van der Waals surface area (Å²) >= 11 is 1.37. The van der Waals surface area contributed by atoms with Crippen molar-refractivity contribution in [3.8, 4) is 0 Å². The normalized spacial score (nSPS) is 14.3. The topological polar surface area (TPSA) is 49.3 Å². The van der Waals surface area contributed by atoms with E-state index >= 15 is 0 Å². The average molecular weight is 253 g/mol. The van der Waals surface area contributed by atoms with Crippen LogP contribution in [-0.4, -0.2) is 22.9 Å². The fourth-order valence-electron chi connectivity index (χ4n) is 1.54. The molecule has 0 amide bonds. The fraction of sp³-hybridized carbons (Fsp3) is 0.462. The molecule has 2 atom stereocenters.